The Morgan fingerprint density at radius 1 is 1.32 bits per heavy atom. The van der Waals surface area contributed by atoms with E-state index in [4.69, 9.17) is 0 Å². The SMILES string of the molecule is Cc1ccc(F)cc1NC=C(C#N)c1nc(-c2cccc(Br)c2)cs1. The first kappa shape index (κ1) is 17.3. The van der Waals surface area contributed by atoms with Crippen LogP contribution in [0.15, 0.2) is 58.5 Å². The maximum atomic E-state index is 13.4. The first-order chi connectivity index (χ1) is 12.1. The third kappa shape index (κ3) is 4.13. The van der Waals surface area contributed by atoms with E-state index in [1.165, 1.54) is 23.5 Å². The molecule has 0 saturated heterocycles. The number of aryl methyl sites for hydroxylation is 1. The van der Waals surface area contributed by atoms with Crippen molar-refractivity contribution in [3.63, 3.8) is 0 Å². The fourth-order valence-electron chi connectivity index (χ4n) is 2.22. The number of nitrogens with zero attached hydrogens (tertiary/aromatic N) is 2. The van der Waals surface area contributed by atoms with Gasteiger partial charge in [-0.15, -0.1) is 11.3 Å². The quantitative estimate of drug-likeness (QED) is 0.533. The van der Waals surface area contributed by atoms with Gasteiger partial charge in [-0.05, 0) is 36.8 Å². The van der Waals surface area contributed by atoms with Gasteiger partial charge in [0.15, 0.2) is 0 Å². The van der Waals surface area contributed by atoms with E-state index < -0.39 is 0 Å². The van der Waals surface area contributed by atoms with Crippen LogP contribution >= 0.6 is 27.3 Å². The van der Waals surface area contributed by atoms with Gasteiger partial charge in [-0.1, -0.05) is 34.1 Å². The number of thiazole rings is 1. The molecule has 3 nitrogen and oxygen atoms in total. The standard InChI is InChI=1S/C19H13BrFN3S/c1-12-5-6-16(21)8-17(12)23-10-14(9-22)19-24-18(11-25-19)13-3-2-4-15(20)7-13/h2-8,10-11,23H,1H3. The minimum absolute atomic E-state index is 0.328. The van der Waals surface area contributed by atoms with E-state index in [9.17, 15) is 9.65 Å². The minimum Gasteiger partial charge on any atom is -0.360 e. The summed E-state index contributed by atoms with van der Waals surface area (Å²) in [6.45, 7) is 1.87. The molecule has 124 valence electrons. The van der Waals surface area contributed by atoms with E-state index in [1.807, 2.05) is 36.6 Å². The third-order valence-electron chi connectivity index (χ3n) is 3.55. The van der Waals surface area contributed by atoms with Crippen molar-refractivity contribution >= 4 is 38.5 Å². The van der Waals surface area contributed by atoms with E-state index in [0.717, 1.165) is 21.3 Å². The molecule has 0 saturated carbocycles. The molecule has 0 spiro atoms. The topological polar surface area (TPSA) is 48.7 Å². The van der Waals surface area contributed by atoms with Crippen molar-refractivity contribution in [1.82, 2.24) is 4.98 Å². The van der Waals surface area contributed by atoms with Gasteiger partial charge in [-0.25, -0.2) is 9.37 Å². The van der Waals surface area contributed by atoms with Crippen molar-refractivity contribution in [3.8, 4) is 17.3 Å². The van der Waals surface area contributed by atoms with Gasteiger partial charge in [0.1, 0.15) is 22.5 Å². The van der Waals surface area contributed by atoms with Gasteiger partial charge >= 0.3 is 0 Å². The van der Waals surface area contributed by atoms with Crippen molar-refractivity contribution in [3.05, 3.63) is 74.9 Å². The second kappa shape index (κ2) is 7.60. The molecule has 3 rings (SSSR count). The Morgan fingerprint density at radius 3 is 2.92 bits per heavy atom. The minimum atomic E-state index is -0.328. The summed E-state index contributed by atoms with van der Waals surface area (Å²) in [6, 6.07) is 14.5. The van der Waals surface area contributed by atoms with Crippen molar-refractivity contribution in [2.75, 3.05) is 5.32 Å². The third-order valence-corrected chi connectivity index (χ3v) is 4.92. The summed E-state index contributed by atoms with van der Waals surface area (Å²) in [5, 5.41) is 15.0. The highest BCUT2D eigenvalue weighted by Gasteiger charge is 2.09. The Kier molecular flexibility index (Phi) is 5.27. The Hall–Kier alpha value is -2.49. The average Bonchev–Trinajstić information content (AvgIpc) is 3.08. The van der Waals surface area contributed by atoms with Gasteiger partial charge in [-0.2, -0.15) is 5.26 Å². The molecule has 0 aliphatic carbocycles. The van der Waals surface area contributed by atoms with Crippen LogP contribution in [-0.2, 0) is 0 Å². The fourth-order valence-corrected chi connectivity index (χ4v) is 3.41. The fraction of sp³-hybridized carbons (Fsp3) is 0.0526. The van der Waals surface area contributed by atoms with Crippen molar-refractivity contribution in [2.45, 2.75) is 6.92 Å². The maximum Gasteiger partial charge on any atom is 0.136 e. The van der Waals surface area contributed by atoms with E-state index in [1.54, 1.807) is 12.3 Å². The zero-order chi connectivity index (χ0) is 17.8. The van der Waals surface area contributed by atoms with Crippen molar-refractivity contribution in [2.24, 2.45) is 0 Å². The zero-order valence-electron chi connectivity index (χ0n) is 13.3. The molecule has 2 aromatic carbocycles. The van der Waals surface area contributed by atoms with Crippen LogP contribution in [0, 0.1) is 24.1 Å². The van der Waals surface area contributed by atoms with Crippen molar-refractivity contribution in [1.29, 1.82) is 5.26 Å². The van der Waals surface area contributed by atoms with E-state index in [2.05, 4.69) is 32.3 Å². The molecule has 0 amide bonds. The Balaban J connectivity index is 1.87. The number of aromatic nitrogens is 1. The molecular formula is C19H13BrFN3S. The number of benzene rings is 2. The number of nitrogens with one attached hydrogen (secondary N) is 1. The lowest BCUT2D eigenvalue weighted by molar-refractivity contribution is 0.628. The molecule has 1 heterocycles. The first-order valence-corrected chi connectivity index (χ1v) is 9.09. The van der Waals surface area contributed by atoms with Crippen LogP contribution in [0.2, 0.25) is 0 Å². The van der Waals surface area contributed by atoms with Crippen LogP contribution < -0.4 is 5.32 Å². The van der Waals surface area contributed by atoms with Crippen LogP contribution in [0.25, 0.3) is 16.8 Å². The smallest absolute Gasteiger partial charge is 0.136 e. The Labute approximate surface area is 157 Å². The number of allylic oxidation sites excluding steroid dienone is 1. The molecule has 0 radical (unpaired) electrons. The lowest BCUT2D eigenvalue weighted by Crippen LogP contribution is -1.94. The zero-order valence-corrected chi connectivity index (χ0v) is 15.7. The second-order valence-corrected chi connectivity index (χ2v) is 7.10. The number of halogens is 2. The predicted octanol–water partition coefficient (Wildman–Crippen LogP) is 6.00. The van der Waals surface area contributed by atoms with Crippen LogP contribution in [0.1, 0.15) is 10.6 Å². The largest absolute Gasteiger partial charge is 0.360 e. The molecule has 0 aliphatic heterocycles. The number of hydrogen-bond acceptors (Lipinski definition) is 4. The summed E-state index contributed by atoms with van der Waals surface area (Å²) in [6.07, 6.45) is 1.56. The molecular weight excluding hydrogens is 401 g/mol. The van der Waals surface area contributed by atoms with Crippen molar-refractivity contribution < 1.29 is 4.39 Å². The highest BCUT2D eigenvalue weighted by molar-refractivity contribution is 9.10. The molecule has 0 atom stereocenters. The highest BCUT2D eigenvalue weighted by Crippen LogP contribution is 2.28. The van der Waals surface area contributed by atoms with Crippen LogP contribution in [0.5, 0.6) is 0 Å². The summed E-state index contributed by atoms with van der Waals surface area (Å²) in [5.41, 5.74) is 3.70. The van der Waals surface area contributed by atoms with Crippen LogP contribution in [0.3, 0.4) is 0 Å². The van der Waals surface area contributed by atoms with Gasteiger partial charge in [-0.3, -0.25) is 0 Å². The van der Waals surface area contributed by atoms with Gasteiger partial charge in [0.05, 0.1) is 5.69 Å². The average molecular weight is 414 g/mol. The number of nitriles is 1. The molecule has 3 aromatic rings. The van der Waals surface area contributed by atoms with Crippen LogP contribution in [0.4, 0.5) is 10.1 Å². The van der Waals surface area contributed by atoms with Crippen LogP contribution in [-0.4, -0.2) is 4.98 Å². The van der Waals surface area contributed by atoms with Gasteiger partial charge in [0, 0.05) is 27.3 Å². The number of rotatable bonds is 4. The summed E-state index contributed by atoms with van der Waals surface area (Å²) < 4.78 is 14.3. The number of anilines is 1. The molecule has 0 aliphatic rings. The summed E-state index contributed by atoms with van der Waals surface area (Å²) in [5.74, 6) is -0.328. The predicted molar refractivity (Wildman–Crippen MR) is 104 cm³/mol. The highest BCUT2D eigenvalue weighted by atomic mass is 79.9. The van der Waals surface area contributed by atoms with E-state index in [-0.39, 0.29) is 5.82 Å². The van der Waals surface area contributed by atoms with E-state index >= 15 is 0 Å². The Morgan fingerprint density at radius 2 is 2.16 bits per heavy atom. The first-order valence-electron chi connectivity index (χ1n) is 7.41. The molecule has 1 N–H and O–H groups in total. The molecule has 0 unspecified atom stereocenters. The molecule has 25 heavy (non-hydrogen) atoms. The molecule has 6 heteroatoms. The summed E-state index contributed by atoms with van der Waals surface area (Å²) in [7, 11) is 0. The lowest BCUT2D eigenvalue weighted by atomic mass is 10.2. The lowest BCUT2D eigenvalue weighted by Gasteiger charge is -2.05. The molecule has 0 bridgehead atoms. The van der Waals surface area contributed by atoms with Gasteiger partial charge < -0.3 is 5.32 Å². The maximum absolute atomic E-state index is 13.4. The van der Waals surface area contributed by atoms with Gasteiger partial charge in [0.25, 0.3) is 0 Å². The summed E-state index contributed by atoms with van der Waals surface area (Å²) >= 11 is 4.84. The molecule has 0 fully saturated rings. The van der Waals surface area contributed by atoms with Gasteiger partial charge in [0.2, 0.25) is 0 Å². The summed E-state index contributed by atoms with van der Waals surface area (Å²) in [4.78, 5) is 4.54. The normalized spacial score (nSPS) is 11.2. The Bertz CT molecular complexity index is 988. The number of hydrogen-bond donors (Lipinski definition) is 1. The monoisotopic (exact) mass is 413 g/mol. The van der Waals surface area contributed by atoms with E-state index in [0.29, 0.717) is 16.3 Å². The molecule has 1 aromatic heterocycles. The second-order valence-electron chi connectivity index (χ2n) is 5.32.